The molecule has 1 atom stereocenters. The monoisotopic (exact) mass is 251 g/mol. The van der Waals surface area contributed by atoms with E-state index in [-0.39, 0.29) is 6.17 Å². The SMILES string of the molecule is CCC(Nc1c[c]cc2ccncc12)n1ccnc1. The Balaban J connectivity index is 1.96. The molecule has 1 unspecified atom stereocenters. The van der Waals surface area contributed by atoms with Crippen LogP contribution in [-0.4, -0.2) is 14.5 Å². The van der Waals surface area contributed by atoms with Gasteiger partial charge < -0.3 is 9.88 Å². The van der Waals surface area contributed by atoms with E-state index in [9.17, 15) is 0 Å². The number of fused-ring (bicyclic) bond motifs is 1. The summed E-state index contributed by atoms with van der Waals surface area (Å²) < 4.78 is 2.06. The highest BCUT2D eigenvalue weighted by Crippen LogP contribution is 2.25. The summed E-state index contributed by atoms with van der Waals surface area (Å²) in [5.74, 6) is 0. The quantitative estimate of drug-likeness (QED) is 0.774. The van der Waals surface area contributed by atoms with E-state index in [4.69, 9.17) is 0 Å². The van der Waals surface area contributed by atoms with Crippen LogP contribution < -0.4 is 5.32 Å². The number of benzene rings is 1. The third-order valence-corrected chi connectivity index (χ3v) is 3.21. The Morgan fingerprint density at radius 1 is 1.32 bits per heavy atom. The normalized spacial score (nSPS) is 12.5. The number of nitrogens with one attached hydrogen (secondary N) is 1. The number of anilines is 1. The minimum absolute atomic E-state index is 0.182. The molecule has 0 fully saturated rings. The van der Waals surface area contributed by atoms with Crippen molar-refractivity contribution in [3.63, 3.8) is 0 Å². The van der Waals surface area contributed by atoms with Gasteiger partial charge in [-0.3, -0.25) is 4.98 Å². The average molecular weight is 251 g/mol. The molecule has 0 aliphatic carbocycles. The van der Waals surface area contributed by atoms with Gasteiger partial charge in [0.05, 0.1) is 6.33 Å². The maximum atomic E-state index is 4.20. The van der Waals surface area contributed by atoms with Gasteiger partial charge in [0.2, 0.25) is 0 Å². The van der Waals surface area contributed by atoms with Gasteiger partial charge in [-0.05, 0) is 36.1 Å². The summed E-state index contributed by atoms with van der Waals surface area (Å²) in [6.45, 7) is 2.14. The lowest BCUT2D eigenvalue weighted by atomic mass is 10.1. The molecule has 2 aromatic heterocycles. The Morgan fingerprint density at radius 3 is 3.05 bits per heavy atom. The van der Waals surface area contributed by atoms with Crippen LogP contribution in [0.15, 0.2) is 49.3 Å². The fourth-order valence-corrected chi connectivity index (χ4v) is 2.19. The first-order valence-corrected chi connectivity index (χ1v) is 6.36. The van der Waals surface area contributed by atoms with E-state index >= 15 is 0 Å². The van der Waals surface area contributed by atoms with Crippen LogP contribution in [0, 0.1) is 6.07 Å². The van der Waals surface area contributed by atoms with Crippen LogP contribution in [-0.2, 0) is 0 Å². The van der Waals surface area contributed by atoms with E-state index in [1.165, 1.54) is 0 Å². The van der Waals surface area contributed by atoms with Gasteiger partial charge in [0.25, 0.3) is 0 Å². The number of aromatic nitrogens is 3. The second-order valence-corrected chi connectivity index (χ2v) is 4.41. The van der Waals surface area contributed by atoms with Gasteiger partial charge in [0.15, 0.2) is 0 Å². The van der Waals surface area contributed by atoms with Crippen LogP contribution in [0.3, 0.4) is 0 Å². The van der Waals surface area contributed by atoms with E-state index in [0.717, 1.165) is 22.9 Å². The number of hydrogen-bond acceptors (Lipinski definition) is 3. The molecule has 3 aromatic rings. The van der Waals surface area contributed by atoms with Gasteiger partial charge in [-0.15, -0.1) is 0 Å². The van der Waals surface area contributed by atoms with Crippen LogP contribution in [0.1, 0.15) is 19.5 Å². The smallest absolute Gasteiger partial charge is 0.104 e. The molecule has 3 rings (SSSR count). The maximum Gasteiger partial charge on any atom is 0.104 e. The number of imidazole rings is 1. The molecule has 0 bridgehead atoms. The lowest BCUT2D eigenvalue weighted by molar-refractivity contribution is 0.545. The molecule has 4 nitrogen and oxygen atoms in total. The summed E-state index contributed by atoms with van der Waals surface area (Å²) in [6.07, 6.45) is 10.4. The van der Waals surface area contributed by atoms with Crippen LogP contribution in [0.2, 0.25) is 0 Å². The molecule has 4 heteroatoms. The number of hydrogen-bond donors (Lipinski definition) is 1. The van der Waals surface area contributed by atoms with Crippen LogP contribution in [0.4, 0.5) is 5.69 Å². The van der Waals surface area contributed by atoms with Crippen molar-refractivity contribution in [2.75, 3.05) is 5.32 Å². The lowest BCUT2D eigenvalue weighted by Crippen LogP contribution is -2.16. The molecule has 2 heterocycles. The molecule has 0 saturated heterocycles. The fraction of sp³-hybridized carbons (Fsp3) is 0.200. The molecule has 0 aliphatic heterocycles. The third-order valence-electron chi connectivity index (χ3n) is 3.21. The predicted octanol–water partition coefficient (Wildman–Crippen LogP) is 3.25. The molecular weight excluding hydrogens is 236 g/mol. The summed E-state index contributed by atoms with van der Waals surface area (Å²) in [6, 6.07) is 9.09. The third kappa shape index (κ3) is 2.29. The van der Waals surface area contributed by atoms with Crippen molar-refractivity contribution in [3.8, 4) is 0 Å². The fourth-order valence-electron chi connectivity index (χ4n) is 2.19. The topological polar surface area (TPSA) is 42.7 Å². The Kier molecular flexibility index (Phi) is 3.14. The van der Waals surface area contributed by atoms with Crippen molar-refractivity contribution in [2.24, 2.45) is 0 Å². The summed E-state index contributed by atoms with van der Waals surface area (Å²) in [7, 11) is 0. The zero-order chi connectivity index (χ0) is 13.1. The van der Waals surface area contributed by atoms with Crippen molar-refractivity contribution in [1.29, 1.82) is 0 Å². The van der Waals surface area contributed by atoms with Crippen molar-refractivity contribution in [1.82, 2.24) is 14.5 Å². The highest BCUT2D eigenvalue weighted by molar-refractivity contribution is 5.92. The van der Waals surface area contributed by atoms with E-state index < -0.39 is 0 Å². The van der Waals surface area contributed by atoms with Gasteiger partial charge in [-0.2, -0.15) is 0 Å². The van der Waals surface area contributed by atoms with Crippen molar-refractivity contribution in [2.45, 2.75) is 19.5 Å². The molecule has 0 saturated carbocycles. The summed E-state index contributed by atoms with van der Waals surface area (Å²) in [5, 5.41) is 5.78. The molecule has 95 valence electrons. The highest BCUT2D eigenvalue weighted by atomic mass is 15.2. The highest BCUT2D eigenvalue weighted by Gasteiger charge is 2.09. The van der Waals surface area contributed by atoms with Gasteiger partial charge in [0.1, 0.15) is 6.17 Å². The van der Waals surface area contributed by atoms with E-state index in [0.29, 0.717) is 0 Å². The van der Waals surface area contributed by atoms with Crippen molar-refractivity contribution < 1.29 is 0 Å². The van der Waals surface area contributed by atoms with Crippen LogP contribution in [0.25, 0.3) is 10.8 Å². The average Bonchev–Trinajstić information content (AvgIpc) is 2.99. The predicted molar refractivity (Wildman–Crippen MR) is 75.8 cm³/mol. The van der Waals surface area contributed by atoms with E-state index in [2.05, 4.69) is 32.8 Å². The van der Waals surface area contributed by atoms with E-state index in [1.807, 2.05) is 36.9 Å². The Hall–Kier alpha value is -2.36. The second kappa shape index (κ2) is 5.10. The number of pyridine rings is 1. The zero-order valence-corrected chi connectivity index (χ0v) is 10.7. The van der Waals surface area contributed by atoms with E-state index in [1.54, 1.807) is 12.4 Å². The van der Waals surface area contributed by atoms with Gasteiger partial charge in [-0.1, -0.05) is 6.92 Å². The number of nitrogens with zero attached hydrogens (tertiary/aromatic N) is 3. The molecule has 0 spiro atoms. The Labute approximate surface area is 112 Å². The lowest BCUT2D eigenvalue weighted by Gasteiger charge is -2.20. The first-order chi connectivity index (χ1) is 9.38. The van der Waals surface area contributed by atoms with Crippen LogP contribution >= 0.6 is 0 Å². The largest absolute Gasteiger partial charge is 0.364 e. The Morgan fingerprint density at radius 2 is 2.26 bits per heavy atom. The molecular formula is C15H15N4. The molecule has 0 amide bonds. The Bertz CT molecular complexity index is 655. The minimum atomic E-state index is 0.182. The van der Waals surface area contributed by atoms with Crippen LogP contribution in [0.5, 0.6) is 0 Å². The number of rotatable bonds is 4. The zero-order valence-electron chi connectivity index (χ0n) is 10.7. The molecule has 1 aromatic carbocycles. The van der Waals surface area contributed by atoms with Crippen molar-refractivity contribution >= 4 is 16.5 Å². The minimum Gasteiger partial charge on any atom is -0.364 e. The van der Waals surface area contributed by atoms with Crippen molar-refractivity contribution in [3.05, 3.63) is 55.4 Å². The standard InChI is InChI=1S/C15H15N4/c1-2-15(19-9-8-17-11-19)18-14-5-3-4-12-6-7-16-10-13(12)14/h4-11,15,18H,2H2,1H3. The second-order valence-electron chi connectivity index (χ2n) is 4.41. The van der Waals surface area contributed by atoms with Gasteiger partial charge in [0, 0.05) is 35.9 Å². The molecule has 1 N–H and O–H groups in total. The summed E-state index contributed by atoms with van der Waals surface area (Å²) in [5.41, 5.74) is 1.05. The summed E-state index contributed by atoms with van der Waals surface area (Å²) >= 11 is 0. The maximum absolute atomic E-state index is 4.20. The van der Waals surface area contributed by atoms with Gasteiger partial charge in [-0.25, -0.2) is 4.98 Å². The first-order valence-electron chi connectivity index (χ1n) is 6.36. The molecule has 19 heavy (non-hydrogen) atoms. The molecule has 0 aliphatic rings. The molecule has 1 radical (unpaired) electrons. The van der Waals surface area contributed by atoms with Gasteiger partial charge >= 0.3 is 0 Å². The summed E-state index contributed by atoms with van der Waals surface area (Å²) in [4.78, 5) is 8.29. The first kappa shape index (κ1) is 11.7.